The predicted octanol–water partition coefficient (Wildman–Crippen LogP) is 4.84. The number of rotatable bonds is 10. The summed E-state index contributed by atoms with van der Waals surface area (Å²) in [4.78, 5) is 18.3. The van der Waals surface area contributed by atoms with Gasteiger partial charge in [0.2, 0.25) is 5.82 Å². The Labute approximate surface area is 221 Å². The lowest BCUT2D eigenvalue weighted by Gasteiger charge is -2.13. The molecule has 1 N–H and O–H groups in total. The molecular formula is C29H31N7O2. The van der Waals surface area contributed by atoms with E-state index >= 15 is 0 Å². The molecule has 0 unspecified atom stereocenters. The Balaban J connectivity index is 1.51. The highest BCUT2D eigenvalue weighted by Crippen LogP contribution is 2.29. The molecule has 0 bridgehead atoms. The van der Waals surface area contributed by atoms with Crippen molar-refractivity contribution in [1.82, 2.24) is 34.7 Å². The number of imidazole rings is 1. The first-order valence-corrected chi connectivity index (χ1v) is 12.9. The van der Waals surface area contributed by atoms with Crippen molar-refractivity contribution in [2.45, 2.75) is 46.1 Å². The topological polar surface area (TPSA) is 104 Å². The number of nitrogens with one attached hydrogen (secondary N) is 1. The summed E-state index contributed by atoms with van der Waals surface area (Å²) in [6.07, 6.45) is 7.39. The zero-order valence-electron chi connectivity index (χ0n) is 21.9. The fourth-order valence-electron chi connectivity index (χ4n) is 4.76. The second kappa shape index (κ2) is 11.2. The van der Waals surface area contributed by atoms with Gasteiger partial charge in [-0.25, -0.2) is 4.79 Å². The molecule has 0 saturated heterocycles. The first-order chi connectivity index (χ1) is 18.6. The van der Waals surface area contributed by atoms with Crippen LogP contribution in [-0.2, 0) is 19.4 Å². The number of aromatic amines is 1. The molecule has 3 heterocycles. The quantitative estimate of drug-likeness (QED) is 0.289. The van der Waals surface area contributed by atoms with Crippen LogP contribution in [-0.4, -0.2) is 41.9 Å². The van der Waals surface area contributed by atoms with Crippen molar-refractivity contribution in [3.63, 3.8) is 0 Å². The van der Waals surface area contributed by atoms with Crippen LogP contribution in [0, 0.1) is 0 Å². The number of benzene rings is 2. The number of pyridine rings is 1. The molecule has 0 spiro atoms. The van der Waals surface area contributed by atoms with Crippen molar-refractivity contribution in [3.8, 4) is 34.1 Å². The van der Waals surface area contributed by atoms with Crippen LogP contribution < -0.4 is 10.4 Å². The number of methoxy groups -OCH3 is 1. The fourth-order valence-corrected chi connectivity index (χ4v) is 4.76. The lowest BCUT2D eigenvalue weighted by Crippen LogP contribution is -2.25. The number of H-pyrrole nitrogens is 1. The van der Waals surface area contributed by atoms with Gasteiger partial charge in [0, 0.05) is 23.7 Å². The Hall–Kier alpha value is -4.53. The smallest absolute Gasteiger partial charge is 0.333 e. The van der Waals surface area contributed by atoms with Gasteiger partial charge in [-0.1, -0.05) is 62.7 Å². The first kappa shape index (κ1) is 25.1. The Morgan fingerprint density at radius 1 is 1.03 bits per heavy atom. The van der Waals surface area contributed by atoms with Gasteiger partial charge in [-0.2, -0.15) is 5.21 Å². The third-order valence-electron chi connectivity index (χ3n) is 6.74. The molecule has 0 radical (unpaired) electrons. The molecule has 0 atom stereocenters. The highest BCUT2D eigenvalue weighted by atomic mass is 16.5. The van der Waals surface area contributed by atoms with E-state index in [1.807, 2.05) is 53.2 Å². The molecule has 194 valence electrons. The molecule has 2 aromatic carbocycles. The van der Waals surface area contributed by atoms with E-state index in [-0.39, 0.29) is 5.69 Å². The van der Waals surface area contributed by atoms with E-state index < -0.39 is 0 Å². The van der Waals surface area contributed by atoms with Gasteiger partial charge in [0.15, 0.2) is 0 Å². The number of ether oxygens (including phenoxy) is 1. The van der Waals surface area contributed by atoms with E-state index in [0.717, 1.165) is 59.3 Å². The third-order valence-corrected chi connectivity index (χ3v) is 6.74. The van der Waals surface area contributed by atoms with Crippen molar-refractivity contribution < 1.29 is 4.74 Å². The lowest BCUT2D eigenvalue weighted by molar-refractivity contribution is 0.412. The van der Waals surface area contributed by atoms with E-state index in [2.05, 4.69) is 51.6 Å². The molecule has 0 amide bonds. The van der Waals surface area contributed by atoms with Crippen LogP contribution in [0.5, 0.6) is 5.75 Å². The average Bonchev–Trinajstić information content (AvgIpc) is 3.61. The van der Waals surface area contributed by atoms with Crippen LogP contribution in [0.3, 0.4) is 0 Å². The third kappa shape index (κ3) is 4.87. The maximum atomic E-state index is 13.8. The summed E-state index contributed by atoms with van der Waals surface area (Å²) in [7, 11) is 1.65. The highest BCUT2D eigenvalue weighted by Gasteiger charge is 2.18. The molecule has 5 aromatic rings. The van der Waals surface area contributed by atoms with Gasteiger partial charge in [-0.3, -0.25) is 14.1 Å². The van der Waals surface area contributed by atoms with Gasteiger partial charge in [-0.05, 0) is 53.3 Å². The normalized spacial score (nSPS) is 11.1. The molecule has 0 saturated carbocycles. The number of hydrogen-bond donors (Lipinski definition) is 1. The largest absolute Gasteiger partial charge is 0.495 e. The summed E-state index contributed by atoms with van der Waals surface area (Å²) in [6, 6.07) is 18.0. The van der Waals surface area contributed by atoms with Gasteiger partial charge >= 0.3 is 5.69 Å². The van der Waals surface area contributed by atoms with Crippen LogP contribution in [0.25, 0.3) is 28.3 Å². The second-order valence-electron chi connectivity index (χ2n) is 9.12. The summed E-state index contributed by atoms with van der Waals surface area (Å²) in [5, 5.41) is 14.3. The molecule has 0 fully saturated rings. The van der Waals surface area contributed by atoms with E-state index in [1.54, 1.807) is 17.9 Å². The monoisotopic (exact) mass is 509 g/mol. The minimum Gasteiger partial charge on any atom is -0.495 e. The van der Waals surface area contributed by atoms with Gasteiger partial charge in [0.1, 0.15) is 11.4 Å². The highest BCUT2D eigenvalue weighted by molar-refractivity contribution is 5.77. The van der Waals surface area contributed by atoms with Gasteiger partial charge < -0.3 is 4.74 Å². The standard InChI is InChI=1S/C29H31N7O2/c1-4-6-10-23-19-36(27-21(5-2)9-7-12-25(27)38-3)29(37)35(23)18-20-13-15-22(16-14-20)24-11-8-17-30-26(24)28-31-33-34-32-28/h7-9,11-17,19H,4-6,10,18H2,1-3H3,(H,31,32,33,34). The molecular weight excluding hydrogens is 478 g/mol. The molecule has 38 heavy (non-hydrogen) atoms. The van der Waals surface area contributed by atoms with Crippen molar-refractivity contribution in [3.05, 3.63) is 94.3 Å². The summed E-state index contributed by atoms with van der Waals surface area (Å²) in [5.41, 5.74) is 6.44. The van der Waals surface area contributed by atoms with Crippen LogP contribution in [0.15, 0.2) is 71.8 Å². The summed E-state index contributed by atoms with van der Waals surface area (Å²) in [6.45, 7) is 4.73. The zero-order chi connectivity index (χ0) is 26.5. The van der Waals surface area contributed by atoms with Crippen molar-refractivity contribution >= 4 is 0 Å². The molecule has 0 aliphatic carbocycles. The SMILES string of the molecule is CCCCc1cn(-c2c(CC)cccc2OC)c(=O)n1Cc1ccc(-c2cccnc2-c2nn[nH]n2)cc1. The molecule has 9 heteroatoms. The van der Waals surface area contributed by atoms with Gasteiger partial charge in [-0.15, -0.1) is 10.2 Å². The first-order valence-electron chi connectivity index (χ1n) is 12.9. The minimum absolute atomic E-state index is 0.0639. The molecule has 0 aliphatic rings. The number of para-hydroxylation sites is 1. The molecule has 0 aliphatic heterocycles. The second-order valence-corrected chi connectivity index (χ2v) is 9.12. The molecule has 5 rings (SSSR count). The lowest BCUT2D eigenvalue weighted by atomic mass is 10.0. The van der Waals surface area contributed by atoms with Crippen LogP contribution in [0.1, 0.15) is 43.5 Å². The average molecular weight is 510 g/mol. The Morgan fingerprint density at radius 2 is 1.87 bits per heavy atom. The van der Waals surface area contributed by atoms with E-state index in [9.17, 15) is 4.79 Å². The maximum absolute atomic E-state index is 13.8. The van der Waals surface area contributed by atoms with Crippen molar-refractivity contribution in [1.29, 1.82) is 0 Å². The number of aryl methyl sites for hydroxylation is 2. The summed E-state index contributed by atoms with van der Waals surface area (Å²) >= 11 is 0. The van der Waals surface area contributed by atoms with E-state index in [0.29, 0.717) is 23.8 Å². The van der Waals surface area contributed by atoms with Crippen LogP contribution in [0.2, 0.25) is 0 Å². The minimum atomic E-state index is -0.0639. The maximum Gasteiger partial charge on any atom is 0.333 e. The number of unbranched alkanes of at least 4 members (excludes halogenated alkanes) is 1. The number of nitrogens with zero attached hydrogens (tertiary/aromatic N) is 6. The molecule has 3 aromatic heterocycles. The number of hydrogen-bond acceptors (Lipinski definition) is 6. The number of aromatic nitrogens is 7. The Morgan fingerprint density at radius 3 is 2.58 bits per heavy atom. The predicted molar refractivity (Wildman–Crippen MR) is 147 cm³/mol. The van der Waals surface area contributed by atoms with Crippen LogP contribution >= 0.6 is 0 Å². The van der Waals surface area contributed by atoms with Crippen molar-refractivity contribution in [2.24, 2.45) is 0 Å². The van der Waals surface area contributed by atoms with E-state index in [4.69, 9.17) is 4.74 Å². The van der Waals surface area contributed by atoms with Crippen LogP contribution in [0.4, 0.5) is 0 Å². The van der Waals surface area contributed by atoms with Gasteiger partial charge in [0.05, 0.1) is 19.3 Å². The Bertz CT molecular complexity index is 1550. The van der Waals surface area contributed by atoms with Crippen molar-refractivity contribution in [2.75, 3.05) is 7.11 Å². The summed E-state index contributed by atoms with van der Waals surface area (Å²) < 4.78 is 9.28. The Kier molecular flexibility index (Phi) is 7.44. The van der Waals surface area contributed by atoms with E-state index in [1.165, 1.54) is 0 Å². The molecule has 9 nitrogen and oxygen atoms in total. The zero-order valence-corrected chi connectivity index (χ0v) is 21.9. The summed E-state index contributed by atoms with van der Waals surface area (Å²) in [5.74, 6) is 1.14. The fraction of sp³-hybridized carbons (Fsp3) is 0.276. The number of tetrazole rings is 1. The van der Waals surface area contributed by atoms with Gasteiger partial charge in [0.25, 0.3) is 0 Å².